The van der Waals surface area contributed by atoms with Gasteiger partial charge in [-0.25, -0.2) is 4.39 Å². The molecule has 3 heteroatoms. The summed E-state index contributed by atoms with van der Waals surface area (Å²) >= 11 is 0. The van der Waals surface area contributed by atoms with Crippen LogP contribution in [0.4, 0.5) is 4.39 Å². The summed E-state index contributed by atoms with van der Waals surface area (Å²) in [4.78, 5) is 3.21. The van der Waals surface area contributed by atoms with Gasteiger partial charge in [-0.3, -0.25) is 0 Å². The number of aromatic nitrogens is 1. The maximum atomic E-state index is 13.6. The Balaban J connectivity index is 2.04. The molecular formula is C19H21FN2. The molecular weight excluding hydrogens is 275 g/mol. The lowest BCUT2D eigenvalue weighted by Gasteiger charge is -2.16. The molecule has 114 valence electrons. The van der Waals surface area contributed by atoms with Crippen molar-refractivity contribution in [2.24, 2.45) is 5.73 Å². The van der Waals surface area contributed by atoms with E-state index in [-0.39, 0.29) is 11.7 Å². The average Bonchev–Trinajstić information content (AvgIpc) is 2.92. The van der Waals surface area contributed by atoms with Gasteiger partial charge in [-0.15, -0.1) is 0 Å². The number of nitrogens with one attached hydrogen (secondary N) is 1. The fraction of sp³-hybridized carbons (Fsp3) is 0.263. The number of nitrogens with two attached hydrogens (primary N) is 1. The molecule has 0 spiro atoms. The molecule has 3 N–H and O–H groups in total. The van der Waals surface area contributed by atoms with Gasteiger partial charge in [0, 0.05) is 29.6 Å². The standard InChI is InChI=1S/C19H21FN2/c1-12(2)13-3-5-14(6-4-13)17(10-21)18-11-22-19-8-7-15(20)9-16(18)19/h3-9,11-12,17,22H,10,21H2,1-2H3/t17-/m0/s1. The zero-order valence-electron chi connectivity index (χ0n) is 12.9. The van der Waals surface area contributed by atoms with Gasteiger partial charge in [-0.05, 0) is 40.8 Å². The third kappa shape index (κ3) is 2.64. The number of rotatable bonds is 4. The van der Waals surface area contributed by atoms with Crippen molar-refractivity contribution >= 4 is 10.9 Å². The predicted octanol–water partition coefficient (Wildman–Crippen LogP) is 4.52. The maximum Gasteiger partial charge on any atom is 0.123 e. The fourth-order valence-electron chi connectivity index (χ4n) is 2.96. The highest BCUT2D eigenvalue weighted by Gasteiger charge is 2.17. The third-order valence-electron chi connectivity index (χ3n) is 4.29. The van der Waals surface area contributed by atoms with Gasteiger partial charge >= 0.3 is 0 Å². The first kappa shape index (κ1) is 14.8. The van der Waals surface area contributed by atoms with Crippen LogP contribution in [0.15, 0.2) is 48.7 Å². The summed E-state index contributed by atoms with van der Waals surface area (Å²) < 4.78 is 13.6. The molecule has 0 radical (unpaired) electrons. The van der Waals surface area contributed by atoms with Gasteiger partial charge in [0.2, 0.25) is 0 Å². The van der Waals surface area contributed by atoms with Crippen LogP contribution in [0.25, 0.3) is 10.9 Å². The highest BCUT2D eigenvalue weighted by atomic mass is 19.1. The number of hydrogen-bond acceptors (Lipinski definition) is 1. The Morgan fingerprint density at radius 1 is 1.05 bits per heavy atom. The molecule has 3 rings (SSSR count). The molecule has 22 heavy (non-hydrogen) atoms. The van der Waals surface area contributed by atoms with Gasteiger partial charge in [0.1, 0.15) is 5.82 Å². The molecule has 1 aromatic heterocycles. The lowest BCUT2D eigenvalue weighted by atomic mass is 9.89. The summed E-state index contributed by atoms with van der Waals surface area (Å²) in [7, 11) is 0. The quantitative estimate of drug-likeness (QED) is 0.730. The van der Waals surface area contributed by atoms with Gasteiger partial charge < -0.3 is 10.7 Å². The molecule has 0 saturated heterocycles. The lowest BCUT2D eigenvalue weighted by Crippen LogP contribution is -2.13. The second-order valence-corrected chi connectivity index (χ2v) is 6.04. The average molecular weight is 296 g/mol. The van der Waals surface area contributed by atoms with E-state index in [9.17, 15) is 4.39 Å². The van der Waals surface area contributed by atoms with E-state index in [1.165, 1.54) is 11.6 Å². The number of benzene rings is 2. The number of fused-ring (bicyclic) bond motifs is 1. The second-order valence-electron chi connectivity index (χ2n) is 6.04. The highest BCUT2D eigenvalue weighted by Crippen LogP contribution is 2.31. The Bertz CT molecular complexity index is 772. The zero-order valence-corrected chi connectivity index (χ0v) is 12.9. The molecule has 0 fully saturated rings. The summed E-state index contributed by atoms with van der Waals surface area (Å²) in [5, 5.41) is 0.906. The Labute approximate surface area is 130 Å². The van der Waals surface area contributed by atoms with Crippen molar-refractivity contribution in [1.29, 1.82) is 0 Å². The van der Waals surface area contributed by atoms with Crippen molar-refractivity contribution in [3.8, 4) is 0 Å². The van der Waals surface area contributed by atoms with Crippen LogP contribution in [0.2, 0.25) is 0 Å². The van der Waals surface area contributed by atoms with Gasteiger partial charge in [-0.1, -0.05) is 38.1 Å². The van der Waals surface area contributed by atoms with Crippen LogP contribution < -0.4 is 5.73 Å². The summed E-state index contributed by atoms with van der Waals surface area (Å²) in [5.41, 5.74) is 10.5. The second kappa shape index (κ2) is 5.93. The van der Waals surface area contributed by atoms with Crippen LogP contribution in [-0.2, 0) is 0 Å². The van der Waals surface area contributed by atoms with E-state index in [0.29, 0.717) is 12.5 Å². The maximum absolute atomic E-state index is 13.6. The van der Waals surface area contributed by atoms with E-state index in [1.54, 1.807) is 12.1 Å². The molecule has 1 atom stereocenters. The third-order valence-corrected chi connectivity index (χ3v) is 4.29. The van der Waals surface area contributed by atoms with Crippen LogP contribution in [0.1, 0.15) is 42.4 Å². The van der Waals surface area contributed by atoms with E-state index in [4.69, 9.17) is 5.73 Å². The Morgan fingerprint density at radius 3 is 2.36 bits per heavy atom. The monoisotopic (exact) mass is 296 g/mol. The van der Waals surface area contributed by atoms with Gasteiger partial charge in [-0.2, -0.15) is 0 Å². The normalized spacial score (nSPS) is 13.0. The van der Waals surface area contributed by atoms with Crippen LogP contribution >= 0.6 is 0 Å². The summed E-state index contributed by atoms with van der Waals surface area (Å²) in [6.07, 6.45) is 1.94. The van der Waals surface area contributed by atoms with Crippen molar-refractivity contribution in [1.82, 2.24) is 4.98 Å². The van der Waals surface area contributed by atoms with Crippen LogP contribution in [0, 0.1) is 5.82 Å². The number of hydrogen-bond donors (Lipinski definition) is 2. The molecule has 1 heterocycles. The highest BCUT2D eigenvalue weighted by molar-refractivity contribution is 5.84. The van der Waals surface area contributed by atoms with Gasteiger partial charge in [0.15, 0.2) is 0 Å². The molecule has 0 aliphatic heterocycles. The Morgan fingerprint density at radius 2 is 1.73 bits per heavy atom. The van der Waals surface area contributed by atoms with Gasteiger partial charge in [0.05, 0.1) is 0 Å². The first-order valence-corrected chi connectivity index (χ1v) is 7.66. The Kier molecular flexibility index (Phi) is 3.99. The first-order valence-electron chi connectivity index (χ1n) is 7.66. The smallest absolute Gasteiger partial charge is 0.123 e. The fourth-order valence-corrected chi connectivity index (χ4v) is 2.96. The molecule has 0 bridgehead atoms. The van der Waals surface area contributed by atoms with E-state index >= 15 is 0 Å². The largest absolute Gasteiger partial charge is 0.361 e. The molecule has 2 aromatic carbocycles. The van der Waals surface area contributed by atoms with E-state index in [0.717, 1.165) is 22.0 Å². The molecule has 2 nitrogen and oxygen atoms in total. The first-order chi connectivity index (χ1) is 10.6. The predicted molar refractivity (Wildman–Crippen MR) is 89.7 cm³/mol. The van der Waals surface area contributed by atoms with Crippen molar-refractivity contribution < 1.29 is 4.39 Å². The zero-order chi connectivity index (χ0) is 15.7. The van der Waals surface area contributed by atoms with Crippen molar-refractivity contribution in [3.63, 3.8) is 0 Å². The van der Waals surface area contributed by atoms with Crippen molar-refractivity contribution in [3.05, 3.63) is 71.2 Å². The molecule has 0 amide bonds. The molecule has 0 saturated carbocycles. The number of halogens is 1. The minimum absolute atomic E-state index is 0.0664. The molecule has 0 aliphatic rings. The molecule has 3 aromatic rings. The topological polar surface area (TPSA) is 41.8 Å². The van der Waals surface area contributed by atoms with E-state index in [2.05, 4.69) is 43.1 Å². The van der Waals surface area contributed by atoms with Crippen molar-refractivity contribution in [2.45, 2.75) is 25.7 Å². The van der Waals surface area contributed by atoms with Gasteiger partial charge in [0.25, 0.3) is 0 Å². The molecule has 0 aliphatic carbocycles. The van der Waals surface area contributed by atoms with Crippen LogP contribution in [-0.4, -0.2) is 11.5 Å². The Hall–Kier alpha value is -2.13. The minimum atomic E-state index is -0.223. The summed E-state index contributed by atoms with van der Waals surface area (Å²) in [6.45, 7) is 4.85. The summed E-state index contributed by atoms with van der Waals surface area (Å²) in [5.74, 6) is 0.351. The number of aromatic amines is 1. The van der Waals surface area contributed by atoms with E-state index < -0.39 is 0 Å². The van der Waals surface area contributed by atoms with E-state index in [1.807, 2.05) is 6.20 Å². The van der Waals surface area contributed by atoms with Crippen LogP contribution in [0.5, 0.6) is 0 Å². The minimum Gasteiger partial charge on any atom is -0.361 e. The SMILES string of the molecule is CC(C)c1ccc([C@H](CN)c2c[nH]c3ccc(F)cc23)cc1. The van der Waals surface area contributed by atoms with Crippen molar-refractivity contribution in [2.75, 3.05) is 6.54 Å². The summed E-state index contributed by atoms with van der Waals surface area (Å²) in [6, 6.07) is 13.4. The lowest BCUT2D eigenvalue weighted by molar-refractivity contribution is 0.629. The van der Waals surface area contributed by atoms with Crippen LogP contribution in [0.3, 0.4) is 0 Å². The molecule has 0 unspecified atom stereocenters. The number of H-pyrrole nitrogens is 1.